The highest BCUT2D eigenvalue weighted by atomic mass is 79.9. The molecular formula is C11H16BrNO3S. The van der Waals surface area contributed by atoms with Crippen LogP contribution in [0.1, 0.15) is 11.1 Å². The van der Waals surface area contributed by atoms with Crippen LogP contribution in [0.3, 0.4) is 0 Å². The summed E-state index contributed by atoms with van der Waals surface area (Å²) in [6.45, 7) is 4.26. The predicted molar refractivity (Wildman–Crippen MR) is 70.7 cm³/mol. The fourth-order valence-electron chi connectivity index (χ4n) is 1.40. The van der Waals surface area contributed by atoms with E-state index in [4.69, 9.17) is 4.74 Å². The number of rotatable bonds is 5. The Morgan fingerprint density at radius 3 is 2.53 bits per heavy atom. The largest absolute Gasteiger partial charge is 0.383 e. The van der Waals surface area contributed by atoms with Crippen LogP contribution in [0.4, 0.5) is 0 Å². The monoisotopic (exact) mass is 321 g/mol. The maximum atomic E-state index is 12.0. The summed E-state index contributed by atoms with van der Waals surface area (Å²) in [5, 5.41) is 0. The van der Waals surface area contributed by atoms with E-state index in [9.17, 15) is 8.42 Å². The predicted octanol–water partition coefficient (Wildman–Crippen LogP) is 1.99. The third-order valence-electron chi connectivity index (χ3n) is 2.34. The molecule has 0 aliphatic carbocycles. The Morgan fingerprint density at radius 1 is 1.29 bits per heavy atom. The van der Waals surface area contributed by atoms with Gasteiger partial charge in [0, 0.05) is 18.1 Å². The highest BCUT2D eigenvalue weighted by Crippen LogP contribution is 2.23. The van der Waals surface area contributed by atoms with Crippen LogP contribution >= 0.6 is 15.9 Å². The molecule has 0 heterocycles. The number of halogens is 1. The fraction of sp³-hybridized carbons (Fsp3) is 0.455. The Morgan fingerprint density at radius 2 is 1.94 bits per heavy atom. The van der Waals surface area contributed by atoms with Gasteiger partial charge in [-0.3, -0.25) is 0 Å². The van der Waals surface area contributed by atoms with Crippen LogP contribution in [0.15, 0.2) is 21.5 Å². The maximum Gasteiger partial charge on any atom is 0.240 e. The molecule has 0 atom stereocenters. The Bertz CT molecular complexity index is 500. The summed E-state index contributed by atoms with van der Waals surface area (Å²) in [6, 6.07) is 3.47. The van der Waals surface area contributed by atoms with Crippen LogP contribution in [-0.2, 0) is 14.8 Å². The van der Waals surface area contributed by atoms with E-state index in [1.165, 1.54) is 7.11 Å². The van der Waals surface area contributed by atoms with Crippen molar-refractivity contribution in [2.24, 2.45) is 0 Å². The standard InChI is InChI=1S/C11H16BrNO3S/c1-8-7-11(9(2)6-10(8)12)17(14,15)13-4-5-16-3/h6-7,13H,4-5H2,1-3H3. The van der Waals surface area contributed by atoms with Crippen molar-refractivity contribution < 1.29 is 13.2 Å². The Hall–Kier alpha value is -0.430. The van der Waals surface area contributed by atoms with Gasteiger partial charge in [0.1, 0.15) is 0 Å². The van der Waals surface area contributed by atoms with Gasteiger partial charge in [0.05, 0.1) is 11.5 Å². The Kier molecular flexibility index (Phi) is 5.12. The molecule has 0 unspecified atom stereocenters. The van der Waals surface area contributed by atoms with Gasteiger partial charge in [-0.25, -0.2) is 13.1 Å². The van der Waals surface area contributed by atoms with Crippen LogP contribution in [0.25, 0.3) is 0 Å². The summed E-state index contributed by atoms with van der Waals surface area (Å²) < 4.78 is 32.2. The molecule has 6 heteroatoms. The first-order chi connectivity index (χ1) is 7.88. The lowest BCUT2D eigenvalue weighted by Crippen LogP contribution is -2.27. The molecule has 17 heavy (non-hydrogen) atoms. The second-order valence-electron chi connectivity index (χ2n) is 3.76. The molecule has 0 radical (unpaired) electrons. The van der Waals surface area contributed by atoms with Crippen LogP contribution in [0, 0.1) is 13.8 Å². The zero-order valence-electron chi connectivity index (χ0n) is 10.1. The summed E-state index contributed by atoms with van der Waals surface area (Å²) in [5.74, 6) is 0. The third-order valence-corrected chi connectivity index (χ3v) is 4.80. The number of ether oxygens (including phenoxy) is 1. The van der Waals surface area contributed by atoms with Crippen molar-refractivity contribution in [1.29, 1.82) is 0 Å². The lowest BCUT2D eigenvalue weighted by atomic mass is 10.2. The lowest BCUT2D eigenvalue weighted by Gasteiger charge is -2.11. The number of benzene rings is 1. The Labute approximate surface area is 111 Å². The summed E-state index contributed by atoms with van der Waals surface area (Å²) in [5.41, 5.74) is 1.61. The van der Waals surface area contributed by atoms with E-state index in [1.807, 2.05) is 6.92 Å². The molecule has 0 aromatic heterocycles. The molecule has 0 saturated carbocycles. The topological polar surface area (TPSA) is 55.4 Å². The molecule has 0 aliphatic rings. The first-order valence-corrected chi connectivity index (χ1v) is 7.41. The normalized spacial score (nSPS) is 11.8. The molecule has 1 aromatic rings. The zero-order valence-corrected chi connectivity index (χ0v) is 12.5. The number of aryl methyl sites for hydroxylation is 2. The molecule has 0 bridgehead atoms. The summed E-state index contributed by atoms with van der Waals surface area (Å²) in [4.78, 5) is 0.314. The van der Waals surface area contributed by atoms with E-state index in [0.29, 0.717) is 17.1 Å². The number of nitrogens with one attached hydrogen (secondary N) is 1. The molecule has 0 fully saturated rings. The van der Waals surface area contributed by atoms with E-state index in [0.717, 1.165) is 10.0 Å². The van der Waals surface area contributed by atoms with E-state index >= 15 is 0 Å². The molecule has 1 N–H and O–H groups in total. The van der Waals surface area contributed by atoms with Gasteiger partial charge in [-0.05, 0) is 37.1 Å². The van der Waals surface area contributed by atoms with Crippen molar-refractivity contribution in [3.8, 4) is 0 Å². The van der Waals surface area contributed by atoms with Gasteiger partial charge in [-0.1, -0.05) is 15.9 Å². The minimum Gasteiger partial charge on any atom is -0.383 e. The molecule has 0 aliphatic heterocycles. The average molecular weight is 322 g/mol. The molecular weight excluding hydrogens is 306 g/mol. The molecule has 1 rings (SSSR count). The number of hydrogen-bond donors (Lipinski definition) is 1. The molecule has 0 saturated heterocycles. The third kappa shape index (κ3) is 3.77. The SMILES string of the molecule is COCCNS(=O)(=O)c1cc(C)c(Br)cc1C. The maximum absolute atomic E-state index is 12.0. The van der Waals surface area contributed by atoms with E-state index in [2.05, 4.69) is 20.7 Å². The van der Waals surface area contributed by atoms with Gasteiger partial charge in [0.25, 0.3) is 0 Å². The van der Waals surface area contributed by atoms with Crippen molar-refractivity contribution in [3.63, 3.8) is 0 Å². The van der Waals surface area contributed by atoms with Gasteiger partial charge >= 0.3 is 0 Å². The van der Waals surface area contributed by atoms with Crippen molar-refractivity contribution in [2.45, 2.75) is 18.7 Å². The second kappa shape index (κ2) is 5.95. The summed E-state index contributed by atoms with van der Waals surface area (Å²) >= 11 is 3.38. The van der Waals surface area contributed by atoms with Gasteiger partial charge in [-0.15, -0.1) is 0 Å². The lowest BCUT2D eigenvalue weighted by molar-refractivity contribution is 0.204. The summed E-state index contributed by atoms with van der Waals surface area (Å²) in [7, 11) is -1.92. The van der Waals surface area contributed by atoms with Crippen LogP contribution in [0.2, 0.25) is 0 Å². The van der Waals surface area contributed by atoms with Crippen LogP contribution in [-0.4, -0.2) is 28.7 Å². The van der Waals surface area contributed by atoms with Gasteiger partial charge in [0.2, 0.25) is 10.0 Å². The van der Waals surface area contributed by atoms with E-state index < -0.39 is 10.0 Å². The number of hydrogen-bond acceptors (Lipinski definition) is 3. The smallest absolute Gasteiger partial charge is 0.240 e. The average Bonchev–Trinajstić information content (AvgIpc) is 2.23. The van der Waals surface area contributed by atoms with Crippen molar-refractivity contribution in [3.05, 3.63) is 27.7 Å². The first kappa shape index (κ1) is 14.6. The minimum atomic E-state index is -3.45. The summed E-state index contributed by atoms with van der Waals surface area (Å²) in [6.07, 6.45) is 0. The van der Waals surface area contributed by atoms with Crippen LogP contribution < -0.4 is 4.72 Å². The fourth-order valence-corrected chi connectivity index (χ4v) is 3.18. The van der Waals surface area contributed by atoms with Gasteiger partial charge < -0.3 is 4.74 Å². The first-order valence-electron chi connectivity index (χ1n) is 5.14. The van der Waals surface area contributed by atoms with Gasteiger partial charge in [-0.2, -0.15) is 0 Å². The van der Waals surface area contributed by atoms with Crippen molar-refractivity contribution in [1.82, 2.24) is 4.72 Å². The molecule has 0 spiro atoms. The number of sulfonamides is 1. The van der Waals surface area contributed by atoms with Crippen LogP contribution in [0.5, 0.6) is 0 Å². The molecule has 4 nitrogen and oxygen atoms in total. The quantitative estimate of drug-likeness (QED) is 0.844. The van der Waals surface area contributed by atoms with Crippen molar-refractivity contribution in [2.75, 3.05) is 20.3 Å². The highest BCUT2D eigenvalue weighted by molar-refractivity contribution is 9.10. The zero-order chi connectivity index (χ0) is 13.1. The highest BCUT2D eigenvalue weighted by Gasteiger charge is 2.17. The van der Waals surface area contributed by atoms with Crippen molar-refractivity contribution >= 4 is 26.0 Å². The van der Waals surface area contributed by atoms with E-state index in [1.54, 1.807) is 19.1 Å². The number of methoxy groups -OCH3 is 1. The second-order valence-corrected chi connectivity index (χ2v) is 6.35. The Balaban J connectivity index is 3.03. The molecule has 96 valence electrons. The molecule has 1 aromatic carbocycles. The molecule has 0 amide bonds. The van der Waals surface area contributed by atoms with Gasteiger partial charge in [0.15, 0.2) is 0 Å². The minimum absolute atomic E-state index is 0.271. The van der Waals surface area contributed by atoms with E-state index in [-0.39, 0.29) is 6.54 Å².